The fourth-order valence-corrected chi connectivity index (χ4v) is 4.51. The number of nitrogens with zero attached hydrogens (tertiary/aromatic N) is 1. The van der Waals surface area contributed by atoms with Gasteiger partial charge in [-0.15, -0.1) is 0 Å². The third-order valence-electron chi connectivity index (χ3n) is 5.31. The van der Waals surface area contributed by atoms with Crippen LogP contribution in [0.1, 0.15) is 18.9 Å². The minimum Gasteiger partial charge on any atom is -0.497 e. The number of aromatic nitrogens is 1. The van der Waals surface area contributed by atoms with E-state index >= 15 is 0 Å². The van der Waals surface area contributed by atoms with E-state index in [-0.39, 0.29) is 11.5 Å². The third-order valence-corrected chi connectivity index (χ3v) is 6.62. The lowest BCUT2D eigenvalue weighted by Crippen LogP contribution is -2.08. The molecule has 6 nitrogen and oxygen atoms in total. The Kier molecular flexibility index (Phi) is 6.62. The van der Waals surface area contributed by atoms with Crippen molar-refractivity contribution in [2.75, 3.05) is 19.0 Å². The van der Waals surface area contributed by atoms with Crippen molar-refractivity contribution in [3.63, 3.8) is 0 Å². The van der Waals surface area contributed by atoms with Gasteiger partial charge in [-0.05, 0) is 67.4 Å². The van der Waals surface area contributed by atoms with E-state index in [1.54, 1.807) is 25.3 Å². The Hall–Kier alpha value is -3.42. The summed E-state index contributed by atoms with van der Waals surface area (Å²) in [6, 6.07) is 22.5. The van der Waals surface area contributed by atoms with Crippen LogP contribution in [0.5, 0.6) is 5.75 Å². The van der Waals surface area contributed by atoms with Gasteiger partial charge < -0.3 is 10.1 Å². The van der Waals surface area contributed by atoms with Crippen molar-refractivity contribution in [2.24, 2.45) is 0 Å². The van der Waals surface area contributed by atoms with E-state index in [1.165, 1.54) is 0 Å². The molecule has 0 aliphatic heterocycles. The fourth-order valence-electron chi connectivity index (χ4n) is 3.49. The molecular weight excluding hydrogens is 436 g/mol. The van der Waals surface area contributed by atoms with Crippen LogP contribution in [0.4, 0.5) is 11.4 Å². The lowest BCUT2D eigenvalue weighted by atomic mass is 10.1. The zero-order valence-electron chi connectivity index (χ0n) is 18.8. The summed E-state index contributed by atoms with van der Waals surface area (Å²) in [6.45, 7) is 3.95. The van der Waals surface area contributed by atoms with Crippen LogP contribution >= 0.6 is 0 Å². The van der Waals surface area contributed by atoms with Crippen LogP contribution in [0.2, 0.25) is 0 Å². The standard InChI is InChI=1S/C26H26N2O4S/c1-4-15-32-33(29,30)21-14-9-18(2)24(16-21)28-26-17-25(19-10-12-20(31-3)13-11-19)27-23-8-6-5-7-22(23)26/h5-14,16-17H,4,15H2,1-3H3,(H,27,28). The van der Waals surface area contributed by atoms with E-state index in [0.717, 1.165) is 39.2 Å². The van der Waals surface area contributed by atoms with Gasteiger partial charge in [0.1, 0.15) is 5.75 Å². The van der Waals surface area contributed by atoms with Crippen LogP contribution < -0.4 is 10.1 Å². The number of para-hydroxylation sites is 1. The molecule has 0 bridgehead atoms. The van der Waals surface area contributed by atoms with Crippen LogP contribution in [-0.2, 0) is 14.3 Å². The average Bonchev–Trinajstić information content (AvgIpc) is 2.84. The highest BCUT2D eigenvalue weighted by Crippen LogP contribution is 2.33. The van der Waals surface area contributed by atoms with Gasteiger partial charge in [0.05, 0.1) is 35.5 Å². The van der Waals surface area contributed by atoms with Crippen molar-refractivity contribution in [1.82, 2.24) is 4.98 Å². The summed E-state index contributed by atoms with van der Waals surface area (Å²) in [7, 11) is -2.18. The van der Waals surface area contributed by atoms with Crippen LogP contribution in [-0.4, -0.2) is 27.1 Å². The lowest BCUT2D eigenvalue weighted by Gasteiger charge is -2.15. The quantitative estimate of drug-likeness (QED) is 0.320. The third kappa shape index (κ3) is 4.99. The number of methoxy groups -OCH3 is 1. The average molecular weight is 463 g/mol. The summed E-state index contributed by atoms with van der Waals surface area (Å²) in [5, 5.41) is 4.37. The minimum absolute atomic E-state index is 0.123. The number of hydrogen-bond donors (Lipinski definition) is 1. The zero-order valence-corrected chi connectivity index (χ0v) is 19.6. The number of fused-ring (bicyclic) bond motifs is 1. The molecule has 4 aromatic rings. The highest BCUT2D eigenvalue weighted by atomic mass is 32.2. The van der Waals surface area contributed by atoms with E-state index in [4.69, 9.17) is 13.9 Å². The van der Waals surface area contributed by atoms with Gasteiger partial charge in [-0.25, -0.2) is 4.98 Å². The monoisotopic (exact) mass is 462 g/mol. The van der Waals surface area contributed by atoms with Gasteiger partial charge in [0.2, 0.25) is 0 Å². The maximum absolute atomic E-state index is 12.5. The number of rotatable bonds is 8. The van der Waals surface area contributed by atoms with Gasteiger partial charge >= 0.3 is 0 Å². The second-order valence-electron chi connectivity index (χ2n) is 7.68. The summed E-state index contributed by atoms with van der Waals surface area (Å²) in [5.41, 5.74) is 5.02. The number of anilines is 2. The van der Waals surface area contributed by atoms with Crippen molar-refractivity contribution in [3.8, 4) is 17.0 Å². The van der Waals surface area contributed by atoms with E-state index < -0.39 is 10.1 Å². The van der Waals surface area contributed by atoms with Crippen LogP contribution in [0, 0.1) is 6.92 Å². The number of aryl methyl sites for hydroxylation is 1. The molecule has 3 aromatic carbocycles. The Balaban J connectivity index is 1.78. The molecule has 1 N–H and O–H groups in total. The van der Waals surface area contributed by atoms with Crippen LogP contribution in [0.3, 0.4) is 0 Å². The number of hydrogen-bond acceptors (Lipinski definition) is 6. The molecule has 0 unspecified atom stereocenters. The van der Waals surface area contributed by atoms with Crippen molar-refractivity contribution in [3.05, 3.63) is 78.4 Å². The van der Waals surface area contributed by atoms with E-state index in [9.17, 15) is 8.42 Å². The Morgan fingerprint density at radius 3 is 2.42 bits per heavy atom. The summed E-state index contributed by atoms with van der Waals surface area (Å²) in [5.74, 6) is 0.775. The second kappa shape index (κ2) is 9.60. The summed E-state index contributed by atoms with van der Waals surface area (Å²) < 4.78 is 35.4. The van der Waals surface area contributed by atoms with Gasteiger partial charge in [-0.2, -0.15) is 8.42 Å². The fraction of sp³-hybridized carbons (Fsp3) is 0.192. The molecule has 0 fully saturated rings. The number of benzene rings is 3. The normalized spacial score (nSPS) is 11.5. The van der Waals surface area contributed by atoms with Gasteiger partial charge in [0.25, 0.3) is 10.1 Å². The maximum Gasteiger partial charge on any atom is 0.297 e. The Morgan fingerprint density at radius 1 is 0.939 bits per heavy atom. The first-order valence-electron chi connectivity index (χ1n) is 10.7. The van der Waals surface area contributed by atoms with Crippen molar-refractivity contribution in [1.29, 1.82) is 0 Å². The van der Waals surface area contributed by atoms with E-state index in [1.807, 2.05) is 68.4 Å². The second-order valence-corrected chi connectivity index (χ2v) is 9.29. The molecule has 0 aliphatic carbocycles. The topological polar surface area (TPSA) is 77.5 Å². The van der Waals surface area contributed by atoms with Gasteiger partial charge in [-0.3, -0.25) is 4.18 Å². The zero-order chi connectivity index (χ0) is 23.4. The van der Waals surface area contributed by atoms with Crippen LogP contribution in [0.25, 0.3) is 22.2 Å². The first-order valence-corrected chi connectivity index (χ1v) is 12.1. The summed E-state index contributed by atoms with van der Waals surface area (Å²) in [6.07, 6.45) is 0.618. The van der Waals surface area contributed by atoms with Crippen molar-refractivity contribution >= 4 is 32.4 Å². The largest absolute Gasteiger partial charge is 0.497 e. The molecule has 33 heavy (non-hydrogen) atoms. The Morgan fingerprint density at radius 2 is 1.70 bits per heavy atom. The van der Waals surface area contributed by atoms with E-state index in [0.29, 0.717) is 12.1 Å². The lowest BCUT2D eigenvalue weighted by molar-refractivity contribution is 0.318. The number of ether oxygens (including phenoxy) is 1. The van der Waals surface area contributed by atoms with Crippen molar-refractivity contribution < 1.29 is 17.3 Å². The molecule has 4 rings (SSSR count). The molecule has 0 aliphatic rings. The molecule has 0 saturated carbocycles. The predicted octanol–water partition coefficient (Wildman–Crippen LogP) is 6.08. The highest BCUT2D eigenvalue weighted by molar-refractivity contribution is 7.86. The molecule has 0 radical (unpaired) electrons. The molecule has 0 saturated heterocycles. The maximum atomic E-state index is 12.5. The highest BCUT2D eigenvalue weighted by Gasteiger charge is 2.17. The SMILES string of the molecule is CCCOS(=O)(=O)c1ccc(C)c(Nc2cc(-c3ccc(OC)cc3)nc3ccccc23)c1. The number of pyridine rings is 1. The first-order chi connectivity index (χ1) is 15.9. The predicted molar refractivity (Wildman–Crippen MR) is 132 cm³/mol. The summed E-state index contributed by atoms with van der Waals surface area (Å²) >= 11 is 0. The molecule has 7 heteroatoms. The molecular formula is C26H26N2O4S. The molecule has 1 aromatic heterocycles. The molecule has 1 heterocycles. The Labute approximate surface area is 194 Å². The van der Waals surface area contributed by atoms with Crippen molar-refractivity contribution in [2.45, 2.75) is 25.2 Å². The summed E-state index contributed by atoms with van der Waals surface area (Å²) in [4.78, 5) is 4.94. The molecule has 170 valence electrons. The minimum atomic E-state index is -3.82. The van der Waals surface area contributed by atoms with Crippen LogP contribution in [0.15, 0.2) is 77.7 Å². The molecule has 0 atom stereocenters. The van der Waals surface area contributed by atoms with Gasteiger partial charge in [-0.1, -0.05) is 31.2 Å². The Bertz CT molecular complexity index is 1380. The number of nitrogens with one attached hydrogen (secondary N) is 1. The van der Waals surface area contributed by atoms with Gasteiger partial charge in [0.15, 0.2) is 0 Å². The first kappa shape index (κ1) is 22.8. The smallest absolute Gasteiger partial charge is 0.297 e. The van der Waals surface area contributed by atoms with E-state index in [2.05, 4.69) is 5.32 Å². The van der Waals surface area contributed by atoms with Gasteiger partial charge in [0, 0.05) is 16.6 Å². The molecule has 0 spiro atoms. The molecule has 0 amide bonds.